The molecule has 0 saturated carbocycles. The SMILES string of the molecule is CCCCn1c(C)c(C=O)c2cc(C(C)C)cc(C(=O)O)c21. The highest BCUT2D eigenvalue weighted by Gasteiger charge is 2.21. The Hall–Kier alpha value is -2.10. The second-order valence-corrected chi connectivity index (χ2v) is 6.05. The molecule has 0 radical (unpaired) electrons. The number of aromatic carboxylic acids is 1. The molecule has 0 fully saturated rings. The van der Waals surface area contributed by atoms with Crippen LogP contribution in [-0.2, 0) is 6.54 Å². The van der Waals surface area contributed by atoms with Crippen molar-refractivity contribution in [2.45, 2.75) is 53.0 Å². The van der Waals surface area contributed by atoms with Crippen molar-refractivity contribution in [3.05, 3.63) is 34.5 Å². The number of aryl methyl sites for hydroxylation is 1. The van der Waals surface area contributed by atoms with E-state index in [0.29, 0.717) is 11.1 Å². The first-order valence-corrected chi connectivity index (χ1v) is 7.77. The van der Waals surface area contributed by atoms with E-state index in [1.54, 1.807) is 6.07 Å². The lowest BCUT2D eigenvalue weighted by molar-refractivity contribution is 0.0698. The summed E-state index contributed by atoms with van der Waals surface area (Å²) in [6.45, 7) is 8.76. The number of carbonyl (C=O) groups is 2. The van der Waals surface area contributed by atoms with Crippen LogP contribution in [0.4, 0.5) is 0 Å². The molecule has 4 heteroatoms. The summed E-state index contributed by atoms with van der Waals surface area (Å²) in [6, 6.07) is 3.71. The smallest absolute Gasteiger partial charge is 0.337 e. The number of aromatic nitrogens is 1. The summed E-state index contributed by atoms with van der Waals surface area (Å²) in [6.07, 6.45) is 2.81. The Bertz CT molecular complexity index is 726. The molecule has 2 aromatic rings. The lowest BCUT2D eigenvalue weighted by Crippen LogP contribution is -2.06. The monoisotopic (exact) mass is 301 g/mol. The fourth-order valence-corrected chi connectivity index (χ4v) is 2.90. The van der Waals surface area contributed by atoms with E-state index in [1.165, 1.54) is 0 Å². The number of carbonyl (C=O) groups excluding carboxylic acids is 1. The van der Waals surface area contributed by atoms with E-state index in [9.17, 15) is 14.7 Å². The quantitative estimate of drug-likeness (QED) is 0.805. The van der Waals surface area contributed by atoms with Crippen molar-refractivity contribution in [3.8, 4) is 0 Å². The number of rotatable bonds is 6. The Morgan fingerprint density at radius 1 is 1.36 bits per heavy atom. The molecule has 0 amide bonds. The normalized spacial score (nSPS) is 11.3. The molecular formula is C18H23NO3. The molecule has 2 rings (SSSR count). The van der Waals surface area contributed by atoms with Crippen molar-refractivity contribution in [2.75, 3.05) is 0 Å². The van der Waals surface area contributed by atoms with Gasteiger partial charge in [-0.15, -0.1) is 0 Å². The molecule has 0 unspecified atom stereocenters. The molecule has 0 spiro atoms. The maximum atomic E-state index is 11.7. The maximum Gasteiger partial charge on any atom is 0.337 e. The van der Waals surface area contributed by atoms with Crippen molar-refractivity contribution in [1.29, 1.82) is 0 Å². The van der Waals surface area contributed by atoms with Crippen LogP contribution in [0.3, 0.4) is 0 Å². The number of hydrogen-bond acceptors (Lipinski definition) is 2. The molecule has 1 aromatic carbocycles. The van der Waals surface area contributed by atoms with Crippen LogP contribution in [0.2, 0.25) is 0 Å². The third kappa shape index (κ3) is 2.65. The Labute approximate surface area is 130 Å². The summed E-state index contributed by atoms with van der Waals surface area (Å²) in [7, 11) is 0. The predicted molar refractivity (Wildman–Crippen MR) is 88.0 cm³/mol. The number of unbranched alkanes of at least 4 members (excludes halogenated alkanes) is 1. The number of nitrogens with zero attached hydrogens (tertiary/aromatic N) is 1. The van der Waals surface area contributed by atoms with Gasteiger partial charge in [0.1, 0.15) is 0 Å². The van der Waals surface area contributed by atoms with E-state index >= 15 is 0 Å². The third-order valence-electron chi connectivity index (χ3n) is 4.24. The summed E-state index contributed by atoms with van der Waals surface area (Å²) in [5.41, 5.74) is 3.36. The second-order valence-electron chi connectivity index (χ2n) is 6.05. The van der Waals surface area contributed by atoms with Crippen LogP contribution in [0.5, 0.6) is 0 Å². The molecule has 0 atom stereocenters. The Kier molecular flexibility index (Phi) is 4.69. The third-order valence-corrected chi connectivity index (χ3v) is 4.24. The van der Waals surface area contributed by atoms with Gasteiger partial charge in [0.05, 0.1) is 11.1 Å². The average Bonchev–Trinajstić information content (AvgIpc) is 2.74. The first-order valence-electron chi connectivity index (χ1n) is 7.77. The van der Waals surface area contributed by atoms with Gasteiger partial charge in [0.2, 0.25) is 0 Å². The van der Waals surface area contributed by atoms with Gasteiger partial charge in [-0.1, -0.05) is 27.2 Å². The van der Waals surface area contributed by atoms with Gasteiger partial charge in [-0.05, 0) is 37.0 Å². The summed E-state index contributed by atoms with van der Waals surface area (Å²) in [4.78, 5) is 23.3. The van der Waals surface area contributed by atoms with Crippen LogP contribution in [0.1, 0.15) is 71.5 Å². The molecule has 1 heterocycles. The average molecular weight is 301 g/mol. The zero-order chi connectivity index (χ0) is 16.4. The van der Waals surface area contributed by atoms with E-state index in [0.717, 1.165) is 42.3 Å². The first-order chi connectivity index (χ1) is 10.4. The number of aldehydes is 1. The van der Waals surface area contributed by atoms with E-state index < -0.39 is 5.97 Å². The largest absolute Gasteiger partial charge is 0.478 e. The van der Waals surface area contributed by atoms with Crippen LogP contribution in [0, 0.1) is 6.92 Å². The van der Waals surface area contributed by atoms with Crippen LogP contribution < -0.4 is 0 Å². The maximum absolute atomic E-state index is 11.7. The zero-order valence-electron chi connectivity index (χ0n) is 13.6. The summed E-state index contributed by atoms with van der Waals surface area (Å²) < 4.78 is 1.98. The summed E-state index contributed by atoms with van der Waals surface area (Å²) >= 11 is 0. The summed E-state index contributed by atoms with van der Waals surface area (Å²) in [5.74, 6) is -0.735. The zero-order valence-corrected chi connectivity index (χ0v) is 13.6. The highest BCUT2D eigenvalue weighted by molar-refractivity contribution is 6.08. The van der Waals surface area contributed by atoms with Crippen LogP contribution in [0.15, 0.2) is 12.1 Å². The molecule has 1 N–H and O–H groups in total. The lowest BCUT2D eigenvalue weighted by Gasteiger charge is -2.12. The molecule has 0 aliphatic heterocycles. The standard InChI is InChI=1S/C18H23NO3/c1-5-6-7-19-12(4)16(10-20)14-8-13(11(2)3)9-15(17(14)19)18(21)22/h8-11H,5-7H2,1-4H3,(H,21,22). The van der Waals surface area contributed by atoms with Gasteiger partial charge in [-0.3, -0.25) is 4.79 Å². The Morgan fingerprint density at radius 2 is 2.05 bits per heavy atom. The van der Waals surface area contributed by atoms with E-state index in [4.69, 9.17) is 0 Å². The van der Waals surface area contributed by atoms with Crippen LogP contribution in [-0.4, -0.2) is 21.9 Å². The predicted octanol–water partition coefficient (Wildman–Crippen LogP) is 4.38. The highest BCUT2D eigenvalue weighted by Crippen LogP contribution is 2.32. The molecule has 118 valence electrons. The van der Waals surface area contributed by atoms with Crippen molar-refractivity contribution in [1.82, 2.24) is 4.57 Å². The van der Waals surface area contributed by atoms with Gasteiger partial charge < -0.3 is 9.67 Å². The molecule has 1 aromatic heterocycles. The minimum absolute atomic E-state index is 0.210. The van der Waals surface area contributed by atoms with Gasteiger partial charge in [-0.2, -0.15) is 0 Å². The number of carboxylic acid groups (broad SMARTS) is 1. The van der Waals surface area contributed by atoms with Gasteiger partial charge in [0.25, 0.3) is 0 Å². The van der Waals surface area contributed by atoms with Gasteiger partial charge in [0, 0.05) is 23.2 Å². The molecular weight excluding hydrogens is 278 g/mol. The van der Waals surface area contributed by atoms with Gasteiger partial charge in [0.15, 0.2) is 6.29 Å². The number of carboxylic acids is 1. The van der Waals surface area contributed by atoms with Crippen molar-refractivity contribution < 1.29 is 14.7 Å². The topological polar surface area (TPSA) is 59.3 Å². The van der Waals surface area contributed by atoms with Crippen molar-refractivity contribution in [3.63, 3.8) is 0 Å². The Morgan fingerprint density at radius 3 is 2.55 bits per heavy atom. The van der Waals surface area contributed by atoms with E-state index in [2.05, 4.69) is 6.92 Å². The summed E-state index contributed by atoms with van der Waals surface area (Å²) in [5, 5.41) is 10.4. The second kappa shape index (κ2) is 6.34. The molecule has 22 heavy (non-hydrogen) atoms. The van der Waals surface area contributed by atoms with Crippen LogP contribution in [0.25, 0.3) is 10.9 Å². The molecule has 0 aliphatic rings. The first kappa shape index (κ1) is 16.3. The fourth-order valence-electron chi connectivity index (χ4n) is 2.90. The fraction of sp³-hybridized carbons (Fsp3) is 0.444. The minimum atomic E-state index is -0.944. The Balaban J connectivity index is 2.88. The van der Waals surface area contributed by atoms with Gasteiger partial charge >= 0.3 is 5.97 Å². The molecule has 0 bridgehead atoms. The molecule has 0 saturated heterocycles. The van der Waals surface area contributed by atoms with Crippen LogP contribution >= 0.6 is 0 Å². The lowest BCUT2D eigenvalue weighted by atomic mass is 9.97. The number of fused-ring (bicyclic) bond motifs is 1. The molecule has 4 nitrogen and oxygen atoms in total. The van der Waals surface area contributed by atoms with Crippen molar-refractivity contribution >= 4 is 23.2 Å². The molecule has 0 aliphatic carbocycles. The van der Waals surface area contributed by atoms with E-state index in [-0.39, 0.29) is 11.5 Å². The van der Waals surface area contributed by atoms with Gasteiger partial charge in [-0.25, -0.2) is 4.79 Å². The number of hydrogen-bond donors (Lipinski definition) is 1. The van der Waals surface area contributed by atoms with E-state index in [1.807, 2.05) is 31.4 Å². The minimum Gasteiger partial charge on any atom is -0.478 e. The van der Waals surface area contributed by atoms with Crippen molar-refractivity contribution in [2.24, 2.45) is 0 Å². The number of benzene rings is 1. The highest BCUT2D eigenvalue weighted by atomic mass is 16.4.